The Hall–Kier alpha value is -0.940. The molecule has 0 radical (unpaired) electrons. The van der Waals surface area contributed by atoms with Gasteiger partial charge in [0.2, 0.25) is 0 Å². The third kappa shape index (κ3) is 2.41. The van der Waals surface area contributed by atoms with Crippen molar-refractivity contribution in [2.24, 2.45) is 13.0 Å². The van der Waals surface area contributed by atoms with Gasteiger partial charge in [-0.3, -0.25) is 4.90 Å². The van der Waals surface area contributed by atoms with Gasteiger partial charge >= 0.3 is 0 Å². The number of hydrogen-bond donors (Lipinski definition) is 1. The van der Waals surface area contributed by atoms with Crippen LogP contribution in [-0.4, -0.2) is 46.3 Å². The Kier molecular flexibility index (Phi) is 3.56. The van der Waals surface area contributed by atoms with E-state index in [-0.39, 0.29) is 0 Å². The number of rotatable bonds is 4. The number of hydrogen-bond acceptors (Lipinski definition) is 4. The molecule has 0 bridgehead atoms. The predicted octanol–water partition coefficient (Wildman–Crippen LogP) is 0.165. The number of aromatic nitrogens is 3. The fourth-order valence-electron chi connectivity index (χ4n) is 2.30. The minimum atomic E-state index is 0.791. The van der Waals surface area contributed by atoms with Crippen LogP contribution in [0.1, 0.15) is 18.1 Å². The Bertz CT molecular complexity index is 346. The fraction of sp³-hybridized carbons (Fsp3) is 0.818. The molecule has 1 fully saturated rings. The molecule has 1 aromatic rings. The summed E-state index contributed by atoms with van der Waals surface area (Å²) in [5, 5.41) is 11.5. The van der Waals surface area contributed by atoms with E-state index in [1.54, 1.807) is 0 Å². The van der Waals surface area contributed by atoms with E-state index >= 15 is 0 Å². The van der Waals surface area contributed by atoms with Crippen LogP contribution in [0.5, 0.6) is 0 Å². The molecule has 1 unspecified atom stereocenters. The van der Waals surface area contributed by atoms with Crippen LogP contribution in [-0.2, 0) is 13.6 Å². The molecule has 5 heteroatoms. The van der Waals surface area contributed by atoms with Crippen molar-refractivity contribution in [3.8, 4) is 0 Å². The van der Waals surface area contributed by atoms with Crippen molar-refractivity contribution >= 4 is 0 Å². The Morgan fingerprint density at radius 2 is 2.25 bits per heavy atom. The maximum Gasteiger partial charge on any atom is 0.146 e. The van der Waals surface area contributed by atoms with Gasteiger partial charge in [0.15, 0.2) is 0 Å². The summed E-state index contributed by atoms with van der Waals surface area (Å²) in [7, 11) is 4.06. The monoisotopic (exact) mass is 223 g/mol. The smallest absolute Gasteiger partial charge is 0.146 e. The minimum absolute atomic E-state index is 0.791. The highest BCUT2D eigenvalue weighted by atomic mass is 15.3. The van der Waals surface area contributed by atoms with Gasteiger partial charge in [-0.2, -0.15) is 0 Å². The van der Waals surface area contributed by atoms with E-state index in [9.17, 15) is 0 Å². The summed E-state index contributed by atoms with van der Waals surface area (Å²) in [4.78, 5) is 2.46. The Morgan fingerprint density at radius 3 is 2.88 bits per heavy atom. The Morgan fingerprint density at radius 1 is 1.44 bits per heavy atom. The van der Waals surface area contributed by atoms with E-state index in [1.807, 2.05) is 21.0 Å². The summed E-state index contributed by atoms with van der Waals surface area (Å²) in [5.41, 5.74) is 0. The van der Waals surface area contributed by atoms with Crippen molar-refractivity contribution in [1.82, 2.24) is 25.0 Å². The molecule has 0 saturated carbocycles. The Labute approximate surface area is 96.8 Å². The van der Waals surface area contributed by atoms with Crippen LogP contribution in [0.2, 0.25) is 0 Å². The van der Waals surface area contributed by atoms with E-state index in [0.29, 0.717) is 0 Å². The first-order chi connectivity index (χ1) is 7.70. The Balaban J connectivity index is 1.89. The molecular formula is C11H21N5. The zero-order valence-electron chi connectivity index (χ0n) is 10.4. The fourth-order valence-corrected chi connectivity index (χ4v) is 2.30. The summed E-state index contributed by atoms with van der Waals surface area (Å²) in [6.45, 7) is 6.39. The van der Waals surface area contributed by atoms with Gasteiger partial charge in [0.25, 0.3) is 0 Å². The van der Waals surface area contributed by atoms with Gasteiger partial charge in [-0.25, -0.2) is 0 Å². The van der Waals surface area contributed by atoms with E-state index in [4.69, 9.17) is 0 Å². The first kappa shape index (κ1) is 11.5. The van der Waals surface area contributed by atoms with E-state index in [1.165, 1.54) is 19.5 Å². The van der Waals surface area contributed by atoms with Crippen molar-refractivity contribution < 1.29 is 0 Å². The summed E-state index contributed by atoms with van der Waals surface area (Å²) in [5.74, 6) is 2.85. The van der Waals surface area contributed by atoms with Crippen LogP contribution in [0.3, 0.4) is 0 Å². The number of nitrogens with one attached hydrogen (secondary N) is 1. The van der Waals surface area contributed by atoms with Crippen LogP contribution in [0.4, 0.5) is 0 Å². The first-order valence-corrected chi connectivity index (χ1v) is 5.92. The molecule has 0 spiro atoms. The predicted molar refractivity (Wildman–Crippen MR) is 63.1 cm³/mol. The molecule has 1 aliphatic heterocycles. The lowest BCUT2D eigenvalue weighted by molar-refractivity contribution is 0.303. The van der Waals surface area contributed by atoms with Gasteiger partial charge in [-0.1, -0.05) is 0 Å². The average molecular weight is 223 g/mol. The van der Waals surface area contributed by atoms with Gasteiger partial charge in [0, 0.05) is 13.6 Å². The third-order valence-corrected chi connectivity index (χ3v) is 3.41. The van der Waals surface area contributed by atoms with Gasteiger partial charge in [0.05, 0.1) is 6.54 Å². The minimum Gasteiger partial charge on any atom is -0.319 e. The molecule has 16 heavy (non-hydrogen) atoms. The summed E-state index contributed by atoms with van der Waals surface area (Å²) < 4.78 is 2.07. The van der Waals surface area contributed by atoms with Gasteiger partial charge in [0.1, 0.15) is 11.6 Å². The second-order valence-electron chi connectivity index (χ2n) is 4.67. The van der Waals surface area contributed by atoms with Gasteiger partial charge in [-0.15, -0.1) is 10.2 Å². The standard InChI is InChI=1S/C11H21N5/c1-9-13-14-11(15(9)3)8-16-5-4-10(7-16)6-12-2/h10,12H,4-8H2,1-3H3. The van der Waals surface area contributed by atoms with Crippen LogP contribution in [0.25, 0.3) is 0 Å². The zero-order chi connectivity index (χ0) is 11.5. The molecule has 0 amide bonds. The molecule has 1 aromatic heterocycles. The van der Waals surface area contributed by atoms with Crippen molar-refractivity contribution in [3.63, 3.8) is 0 Å². The quantitative estimate of drug-likeness (QED) is 0.790. The van der Waals surface area contributed by atoms with Crippen molar-refractivity contribution in [2.45, 2.75) is 19.9 Å². The maximum absolute atomic E-state index is 4.21. The lowest BCUT2D eigenvalue weighted by atomic mass is 10.1. The zero-order valence-corrected chi connectivity index (χ0v) is 10.4. The van der Waals surface area contributed by atoms with Crippen molar-refractivity contribution in [1.29, 1.82) is 0 Å². The van der Waals surface area contributed by atoms with E-state index < -0.39 is 0 Å². The number of likely N-dealkylation sites (tertiary alicyclic amines) is 1. The highest BCUT2D eigenvalue weighted by molar-refractivity contribution is 4.93. The molecule has 90 valence electrons. The van der Waals surface area contributed by atoms with Crippen LogP contribution < -0.4 is 5.32 Å². The molecule has 1 N–H and O–H groups in total. The molecule has 2 heterocycles. The first-order valence-electron chi connectivity index (χ1n) is 5.92. The summed E-state index contributed by atoms with van der Waals surface area (Å²) >= 11 is 0. The van der Waals surface area contributed by atoms with Crippen molar-refractivity contribution in [2.75, 3.05) is 26.7 Å². The van der Waals surface area contributed by atoms with E-state index in [2.05, 4.69) is 25.0 Å². The van der Waals surface area contributed by atoms with Gasteiger partial charge in [-0.05, 0) is 39.4 Å². The van der Waals surface area contributed by atoms with E-state index in [0.717, 1.165) is 30.7 Å². The lowest BCUT2D eigenvalue weighted by Gasteiger charge is -2.15. The van der Waals surface area contributed by atoms with Gasteiger partial charge < -0.3 is 9.88 Å². The third-order valence-electron chi connectivity index (χ3n) is 3.41. The molecule has 2 rings (SSSR count). The molecule has 5 nitrogen and oxygen atoms in total. The largest absolute Gasteiger partial charge is 0.319 e. The summed E-state index contributed by atoms with van der Waals surface area (Å²) in [6.07, 6.45) is 1.29. The maximum atomic E-state index is 4.21. The highest BCUT2D eigenvalue weighted by Crippen LogP contribution is 2.17. The molecule has 1 saturated heterocycles. The van der Waals surface area contributed by atoms with Crippen molar-refractivity contribution in [3.05, 3.63) is 11.6 Å². The van der Waals surface area contributed by atoms with Crippen LogP contribution in [0, 0.1) is 12.8 Å². The molecule has 1 atom stereocenters. The second kappa shape index (κ2) is 4.93. The van der Waals surface area contributed by atoms with Crippen LogP contribution in [0.15, 0.2) is 0 Å². The highest BCUT2D eigenvalue weighted by Gasteiger charge is 2.23. The second-order valence-corrected chi connectivity index (χ2v) is 4.67. The molecule has 1 aliphatic rings. The molecular weight excluding hydrogens is 202 g/mol. The molecule has 0 aliphatic carbocycles. The average Bonchev–Trinajstić information content (AvgIpc) is 2.82. The normalized spacial score (nSPS) is 21.8. The lowest BCUT2D eigenvalue weighted by Crippen LogP contribution is -2.25. The number of nitrogens with zero attached hydrogens (tertiary/aromatic N) is 4. The molecule has 0 aromatic carbocycles. The SMILES string of the molecule is CNCC1CCN(Cc2nnc(C)n2C)C1. The van der Waals surface area contributed by atoms with Crippen LogP contribution >= 0.6 is 0 Å². The topological polar surface area (TPSA) is 46.0 Å². The summed E-state index contributed by atoms with van der Waals surface area (Å²) in [6, 6.07) is 0. The number of aryl methyl sites for hydroxylation is 1.